The van der Waals surface area contributed by atoms with E-state index in [1.807, 2.05) is 48.6 Å². The number of nitrogens with zero attached hydrogens (tertiary/aromatic N) is 2. The zero-order valence-corrected chi connectivity index (χ0v) is 19.1. The molecule has 2 amide bonds. The van der Waals surface area contributed by atoms with Crippen LogP contribution in [0.4, 0.5) is 5.69 Å². The standard InChI is InChI=1S/C28H25N3O4/c32-26-23-6-2-3-7-24(23)27(33)31(26)17-19(13-18-9-11-20(12-10-18)28(34)35)15-29-22-14-21-5-1-4-8-25(21)30-16-22/h1-5,8-14,16,23-24,29H,6-7,15,17H2,(H,34,35). The topological polar surface area (TPSA) is 99.6 Å². The summed E-state index contributed by atoms with van der Waals surface area (Å²) in [4.78, 5) is 43.1. The molecule has 7 nitrogen and oxygen atoms in total. The van der Waals surface area contributed by atoms with Crippen molar-refractivity contribution in [1.82, 2.24) is 9.88 Å². The van der Waals surface area contributed by atoms with E-state index in [4.69, 9.17) is 0 Å². The third-order valence-electron chi connectivity index (χ3n) is 6.60. The highest BCUT2D eigenvalue weighted by molar-refractivity contribution is 6.05. The number of para-hydroxylation sites is 1. The van der Waals surface area contributed by atoms with Gasteiger partial charge < -0.3 is 10.4 Å². The second kappa shape index (κ2) is 9.54. The Balaban J connectivity index is 1.40. The monoisotopic (exact) mass is 467 g/mol. The quantitative estimate of drug-likeness (QED) is 0.395. The lowest BCUT2D eigenvalue weighted by atomic mass is 9.85. The first-order valence-corrected chi connectivity index (χ1v) is 11.6. The molecular formula is C28H25N3O4. The fourth-order valence-electron chi connectivity index (χ4n) is 4.72. The van der Waals surface area contributed by atoms with E-state index in [-0.39, 0.29) is 35.8 Å². The summed E-state index contributed by atoms with van der Waals surface area (Å²) in [5, 5.41) is 13.5. The third kappa shape index (κ3) is 4.71. The number of allylic oxidation sites excluding steroid dienone is 2. The van der Waals surface area contributed by atoms with Gasteiger partial charge in [-0.25, -0.2) is 4.79 Å². The summed E-state index contributed by atoms with van der Waals surface area (Å²) in [6.45, 7) is 0.574. The molecule has 1 aliphatic carbocycles. The second-order valence-electron chi connectivity index (χ2n) is 8.92. The number of hydrogen-bond acceptors (Lipinski definition) is 5. The van der Waals surface area contributed by atoms with E-state index < -0.39 is 5.97 Å². The molecule has 1 aliphatic heterocycles. The van der Waals surface area contributed by atoms with E-state index in [0.29, 0.717) is 19.4 Å². The largest absolute Gasteiger partial charge is 0.478 e. The van der Waals surface area contributed by atoms with Gasteiger partial charge in [0.25, 0.3) is 0 Å². The molecule has 2 atom stereocenters. The van der Waals surface area contributed by atoms with Crippen LogP contribution in [0.3, 0.4) is 0 Å². The van der Waals surface area contributed by atoms with Crippen molar-refractivity contribution < 1.29 is 19.5 Å². The Morgan fingerprint density at radius 2 is 1.71 bits per heavy atom. The highest BCUT2D eigenvalue weighted by atomic mass is 16.4. The molecule has 1 saturated heterocycles. The first kappa shape index (κ1) is 22.5. The number of imide groups is 1. The molecule has 0 bridgehead atoms. The van der Waals surface area contributed by atoms with Crippen molar-refractivity contribution in [2.45, 2.75) is 12.8 Å². The number of carboxylic acids is 1. The van der Waals surface area contributed by atoms with Crippen LogP contribution in [0.5, 0.6) is 0 Å². The normalized spacial score (nSPS) is 19.8. The maximum atomic E-state index is 13.0. The Kier molecular flexibility index (Phi) is 6.14. The number of carbonyl (C=O) groups is 3. The van der Waals surface area contributed by atoms with Crippen molar-refractivity contribution in [3.05, 3.63) is 89.6 Å². The molecule has 176 valence electrons. The summed E-state index contributed by atoms with van der Waals surface area (Å²) in [7, 11) is 0. The van der Waals surface area contributed by atoms with Gasteiger partial charge in [0.15, 0.2) is 0 Å². The van der Waals surface area contributed by atoms with E-state index in [1.54, 1.807) is 30.5 Å². The number of likely N-dealkylation sites (tertiary alicyclic amines) is 1. The molecule has 1 aromatic heterocycles. The zero-order valence-electron chi connectivity index (χ0n) is 19.1. The summed E-state index contributed by atoms with van der Waals surface area (Å²) >= 11 is 0. The maximum absolute atomic E-state index is 13.0. The van der Waals surface area contributed by atoms with Crippen LogP contribution < -0.4 is 5.32 Å². The number of anilines is 1. The summed E-state index contributed by atoms with van der Waals surface area (Å²) < 4.78 is 0. The third-order valence-corrected chi connectivity index (χ3v) is 6.60. The first-order valence-electron chi connectivity index (χ1n) is 11.6. The molecule has 2 heterocycles. The number of benzene rings is 2. The van der Waals surface area contributed by atoms with Gasteiger partial charge in [0.2, 0.25) is 11.8 Å². The van der Waals surface area contributed by atoms with Gasteiger partial charge >= 0.3 is 5.97 Å². The molecule has 2 aromatic carbocycles. The smallest absolute Gasteiger partial charge is 0.335 e. The van der Waals surface area contributed by atoms with E-state index in [0.717, 1.165) is 27.7 Å². The van der Waals surface area contributed by atoms with E-state index >= 15 is 0 Å². The number of carbonyl (C=O) groups excluding carboxylic acids is 2. The number of carboxylic acid groups (broad SMARTS) is 1. The lowest BCUT2D eigenvalue weighted by Gasteiger charge is -2.18. The highest BCUT2D eigenvalue weighted by Crippen LogP contribution is 2.35. The van der Waals surface area contributed by atoms with Crippen LogP contribution in [0.1, 0.15) is 28.8 Å². The number of amides is 2. The SMILES string of the molecule is O=C(O)c1ccc(C=C(CNc2cnc3ccccc3c2)CN2C(=O)C3CC=CCC3C2=O)cc1. The van der Waals surface area contributed by atoms with Crippen molar-refractivity contribution in [1.29, 1.82) is 0 Å². The van der Waals surface area contributed by atoms with Crippen LogP contribution in [0.25, 0.3) is 17.0 Å². The molecule has 0 spiro atoms. The van der Waals surface area contributed by atoms with Crippen molar-refractivity contribution >= 4 is 40.4 Å². The lowest BCUT2D eigenvalue weighted by molar-refractivity contribution is -0.139. The van der Waals surface area contributed by atoms with Crippen LogP contribution in [0.15, 0.2) is 78.5 Å². The van der Waals surface area contributed by atoms with Crippen LogP contribution in [-0.2, 0) is 9.59 Å². The zero-order chi connectivity index (χ0) is 24.4. The van der Waals surface area contributed by atoms with Crippen LogP contribution in [0, 0.1) is 11.8 Å². The number of nitrogens with one attached hydrogen (secondary N) is 1. The summed E-state index contributed by atoms with van der Waals surface area (Å²) in [5.74, 6) is -1.79. The second-order valence-corrected chi connectivity index (χ2v) is 8.92. The Morgan fingerprint density at radius 1 is 1.03 bits per heavy atom. The van der Waals surface area contributed by atoms with Gasteiger partial charge in [0.05, 0.1) is 41.3 Å². The lowest BCUT2D eigenvalue weighted by Crippen LogP contribution is -2.34. The molecule has 0 saturated carbocycles. The minimum Gasteiger partial charge on any atom is -0.478 e. The molecule has 7 heteroatoms. The van der Waals surface area contributed by atoms with E-state index in [1.165, 1.54) is 4.90 Å². The average molecular weight is 468 g/mol. The number of fused-ring (bicyclic) bond motifs is 2. The molecule has 2 N–H and O–H groups in total. The fourth-order valence-corrected chi connectivity index (χ4v) is 4.72. The van der Waals surface area contributed by atoms with Gasteiger partial charge in [-0.05, 0) is 48.2 Å². The van der Waals surface area contributed by atoms with Crippen molar-refractivity contribution in [2.24, 2.45) is 11.8 Å². The molecular weight excluding hydrogens is 442 g/mol. The summed E-state index contributed by atoms with van der Waals surface area (Å²) in [6, 6.07) is 16.4. The number of aromatic carboxylic acids is 1. The van der Waals surface area contributed by atoms with Gasteiger partial charge in [0, 0.05) is 11.9 Å². The van der Waals surface area contributed by atoms with Gasteiger partial charge in [-0.1, -0.05) is 48.6 Å². The van der Waals surface area contributed by atoms with Crippen LogP contribution in [-0.4, -0.2) is 45.9 Å². The van der Waals surface area contributed by atoms with Gasteiger partial charge in [-0.3, -0.25) is 19.5 Å². The van der Waals surface area contributed by atoms with Gasteiger partial charge in [-0.15, -0.1) is 0 Å². The van der Waals surface area contributed by atoms with Crippen molar-refractivity contribution in [3.8, 4) is 0 Å². The number of pyridine rings is 1. The number of aromatic nitrogens is 1. The minimum absolute atomic E-state index is 0.121. The highest BCUT2D eigenvalue weighted by Gasteiger charge is 2.47. The molecule has 5 rings (SSSR count). The minimum atomic E-state index is -0.990. The molecule has 2 aliphatic rings. The Bertz CT molecular complexity index is 1330. The Labute approximate surface area is 202 Å². The van der Waals surface area contributed by atoms with E-state index in [2.05, 4.69) is 10.3 Å². The summed E-state index contributed by atoms with van der Waals surface area (Å²) in [5.41, 5.74) is 3.55. The number of rotatable bonds is 7. The maximum Gasteiger partial charge on any atom is 0.335 e. The first-order chi connectivity index (χ1) is 17.0. The Hall–Kier alpha value is -4.26. The molecule has 3 aromatic rings. The Morgan fingerprint density at radius 3 is 2.40 bits per heavy atom. The van der Waals surface area contributed by atoms with E-state index in [9.17, 15) is 19.5 Å². The molecule has 2 unspecified atom stereocenters. The number of hydrogen-bond donors (Lipinski definition) is 2. The predicted octanol–water partition coefficient (Wildman–Crippen LogP) is 4.38. The van der Waals surface area contributed by atoms with Gasteiger partial charge in [-0.2, -0.15) is 0 Å². The van der Waals surface area contributed by atoms with Crippen molar-refractivity contribution in [3.63, 3.8) is 0 Å². The van der Waals surface area contributed by atoms with Gasteiger partial charge in [0.1, 0.15) is 0 Å². The fraction of sp³-hybridized carbons (Fsp3) is 0.214. The molecule has 35 heavy (non-hydrogen) atoms. The van der Waals surface area contributed by atoms with Crippen molar-refractivity contribution in [2.75, 3.05) is 18.4 Å². The van der Waals surface area contributed by atoms with Crippen LogP contribution >= 0.6 is 0 Å². The van der Waals surface area contributed by atoms with Crippen LogP contribution in [0.2, 0.25) is 0 Å². The average Bonchev–Trinajstić information content (AvgIpc) is 3.12. The molecule has 0 radical (unpaired) electrons. The molecule has 1 fully saturated rings. The summed E-state index contributed by atoms with van der Waals surface area (Å²) in [6.07, 6.45) is 8.81. The predicted molar refractivity (Wildman–Crippen MR) is 134 cm³/mol.